The number of thiophene rings is 1. The summed E-state index contributed by atoms with van der Waals surface area (Å²) in [5.41, 5.74) is 0.643. The van der Waals surface area contributed by atoms with Crippen molar-refractivity contribution >= 4 is 33.0 Å². The molecule has 1 unspecified atom stereocenters. The first-order valence-electron chi connectivity index (χ1n) is 10.8. The van der Waals surface area contributed by atoms with E-state index in [9.17, 15) is 17.6 Å². The molecule has 2 aromatic rings. The Kier molecular flexibility index (Phi) is 8.64. The van der Waals surface area contributed by atoms with Crippen LogP contribution in [0.3, 0.4) is 0 Å². The lowest BCUT2D eigenvalue weighted by molar-refractivity contribution is -0.123. The summed E-state index contributed by atoms with van der Waals surface area (Å²) in [4.78, 5) is 17.0. The van der Waals surface area contributed by atoms with Gasteiger partial charge in [-0.05, 0) is 42.5 Å². The molecule has 1 saturated heterocycles. The van der Waals surface area contributed by atoms with Crippen LogP contribution in [-0.4, -0.2) is 64.5 Å². The van der Waals surface area contributed by atoms with Crippen molar-refractivity contribution in [3.63, 3.8) is 0 Å². The third-order valence-electron chi connectivity index (χ3n) is 5.51. The van der Waals surface area contributed by atoms with Crippen LogP contribution in [0.1, 0.15) is 20.3 Å². The van der Waals surface area contributed by atoms with Crippen LogP contribution in [0.4, 0.5) is 10.1 Å². The second kappa shape index (κ2) is 11.2. The molecule has 0 radical (unpaired) electrons. The quantitative estimate of drug-likeness (QED) is 0.509. The molecule has 176 valence electrons. The van der Waals surface area contributed by atoms with Crippen LogP contribution in [-0.2, 0) is 14.8 Å². The molecule has 1 aromatic carbocycles. The molecule has 10 heteroatoms. The third-order valence-corrected chi connectivity index (χ3v) is 8.35. The summed E-state index contributed by atoms with van der Waals surface area (Å²) in [6.45, 7) is 8.09. The van der Waals surface area contributed by atoms with Crippen molar-refractivity contribution in [1.82, 2.24) is 14.9 Å². The third kappa shape index (κ3) is 6.50. The van der Waals surface area contributed by atoms with Crippen molar-refractivity contribution in [2.75, 3.05) is 44.2 Å². The fourth-order valence-electron chi connectivity index (χ4n) is 3.68. The fourth-order valence-corrected chi connectivity index (χ4v) is 6.03. The summed E-state index contributed by atoms with van der Waals surface area (Å²) in [6, 6.07) is 9.19. The highest BCUT2D eigenvalue weighted by atomic mass is 32.2. The van der Waals surface area contributed by atoms with Gasteiger partial charge < -0.3 is 10.2 Å². The summed E-state index contributed by atoms with van der Waals surface area (Å²) < 4.78 is 41.7. The van der Waals surface area contributed by atoms with E-state index in [0.717, 1.165) is 50.5 Å². The summed E-state index contributed by atoms with van der Waals surface area (Å²) in [5, 5.41) is 4.55. The average molecular weight is 483 g/mol. The molecule has 0 bridgehead atoms. The van der Waals surface area contributed by atoms with E-state index in [2.05, 4.69) is 19.8 Å². The van der Waals surface area contributed by atoms with Crippen LogP contribution in [0.25, 0.3) is 0 Å². The standard InChI is InChI=1S/C22H31FN4O3S2/c1-17(2)21(25-32(29,30)20-9-5-16-31-20)22(28)24-10-6-11-26-12-14-27(15-13-26)19-8-4-3-7-18(19)23/h3-5,7-9,16-17,21,25H,6,10-15H2,1-2H3,(H,24,28). The fraction of sp³-hybridized carbons (Fsp3) is 0.500. The van der Waals surface area contributed by atoms with Gasteiger partial charge in [0, 0.05) is 32.7 Å². The van der Waals surface area contributed by atoms with Crippen LogP contribution in [0.2, 0.25) is 0 Å². The zero-order valence-corrected chi connectivity index (χ0v) is 20.1. The Morgan fingerprint density at radius 1 is 1.12 bits per heavy atom. The number of anilines is 1. The molecule has 32 heavy (non-hydrogen) atoms. The van der Waals surface area contributed by atoms with Gasteiger partial charge in [0.25, 0.3) is 10.0 Å². The Morgan fingerprint density at radius 3 is 2.47 bits per heavy atom. The second-order valence-corrected chi connectivity index (χ2v) is 11.1. The molecule has 3 rings (SSSR count). The van der Waals surface area contributed by atoms with E-state index in [1.807, 2.05) is 19.9 Å². The maximum atomic E-state index is 14.0. The van der Waals surface area contributed by atoms with Gasteiger partial charge in [0.05, 0.1) is 5.69 Å². The van der Waals surface area contributed by atoms with E-state index in [-0.39, 0.29) is 21.9 Å². The normalized spacial score (nSPS) is 16.3. The average Bonchev–Trinajstić information content (AvgIpc) is 3.32. The summed E-state index contributed by atoms with van der Waals surface area (Å²) >= 11 is 1.12. The topological polar surface area (TPSA) is 81.7 Å². The molecule has 1 atom stereocenters. The number of hydrogen-bond donors (Lipinski definition) is 2. The first-order chi connectivity index (χ1) is 15.3. The zero-order chi connectivity index (χ0) is 23.1. The molecule has 2 heterocycles. The van der Waals surface area contributed by atoms with E-state index in [4.69, 9.17) is 0 Å². The van der Waals surface area contributed by atoms with Gasteiger partial charge in [-0.15, -0.1) is 11.3 Å². The monoisotopic (exact) mass is 482 g/mol. The smallest absolute Gasteiger partial charge is 0.250 e. The molecule has 0 aliphatic carbocycles. The first kappa shape index (κ1) is 24.6. The van der Waals surface area contributed by atoms with E-state index >= 15 is 0 Å². The van der Waals surface area contributed by atoms with Crippen LogP contribution in [0.5, 0.6) is 0 Å². The van der Waals surface area contributed by atoms with Crippen LogP contribution in [0, 0.1) is 11.7 Å². The lowest BCUT2D eigenvalue weighted by Crippen LogP contribution is -2.50. The van der Waals surface area contributed by atoms with Gasteiger partial charge in [0.1, 0.15) is 16.1 Å². The predicted molar refractivity (Wildman–Crippen MR) is 126 cm³/mol. The highest BCUT2D eigenvalue weighted by Crippen LogP contribution is 2.20. The Hall–Kier alpha value is -2.01. The number of nitrogens with zero attached hydrogens (tertiary/aromatic N) is 2. The molecule has 1 aromatic heterocycles. The van der Waals surface area contributed by atoms with Crippen molar-refractivity contribution in [1.29, 1.82) is 0 Å². The lowest BCUT2D eigenvalue weighted by atomic mass is 10.1. The van der Waals surface area contributed by atoms with Gasteiger partial charge in [0.15, 0.2) is 0 Å². The molecule has 2 N–H and O–H groups in total. The Labute approximate surface area is 193 Å². The second-order valence-electron chi connectivity index (χ2n) is 8.20. The highest BCUT2D eigenvalue weighted by molar-refractivity contribution is 7.91. The number of nitrogens with one attached hydrogen (secondary N) is 2. The summed E-state index contributed by atoms with van der Waals surface area (Å²) in [5.74, 6) is -0.696. The van der Waals surface area contributed by atoms with Crippen molar-refractivity contribution in [2.24, 2.45) is 5.92 Å². The van der Waals surface area contributed by atoms with Gasteiger partial charge in [0.2, 0.25) is 5.91 Å². The minimum absolute atomic E-state index is 0.184. The Morgan fingerprint density at radius 2 is 1.84 bits per heavy atom. The van der Waals surface area contributed by atoms with Crippen LogP contribution >= 0.6 is 11.3 Å². The van der Waals surface area contributed by atoms with Gasteiger partial charge in [-0.1, -0.05) is 32.0 Å². The van der Waals surface area contributed by atoms with Crippen LogP contribution < -0.4 is 14.9 Å². The van der Waals surface area contributed by atoms with Crippen molar-refractivity contribution in [3.8, 4) is 0 Å². The van der Waals surface area contributed by atoms with E-state index in [0.29, 0.717) is 12.2 Å². The number of carbonyl (C=O) groups is 1. The predicted octanol–water partition coefficient (Wildman–Crippen LogP) is 2.52. The number of amides is 1. The van der Waals surface area contributed by atoms with E-state index in [1.165, 1.54) is 12.1 Å². The maximum Gasteiger partial charge on any atom is 0.250 e. The molecule has 7 nitrogen and oxygen atoms in total. The lowest BCUT2D eigenvalue weighted by Gasteiger charge is -2.36. The Balaban J connectivity index is 1.41. The molecule has 0 saturated carbocycles. The number of hydrogen-bond acceptors (Lipinski definition) is 6. The maximum absolute atomic E-state index is 14.0. The number of sulfonamides is 1. The van der Waals surface area contributed by atoms with Crippen LogP contribution in [0.15, 0.2) is 46.0 Å². The number of benzene rings is 1. The van der Waals surface area contributed by atoms with Gasteiger partial charge in [-0.2, -0.15) is 4.72 Å². The highest BCUT2D eigenvalue weighted by Gasteiger charge is 2.28. The van der Waals surface area contributed by atoms with Gasteiger partial charge in [-0.25, -0.2) is 12.8 Å². The summed E-state index contributed by atoms with van der Waals surface area (Å²) in [7, 11) is -3.72. The number of rotatable bonds is 10. The van der Waals surface area contributed by atoms with Gasteiger partial charge >= 0.3 is 0 Å². The first-order valence-corrected chi connectivity index (χ1v) is 13.2. The number of carbonyl (C=O) groups excluding carboxylic acids is 1. The molecular weight excluding hydrogens is 451 g/mol. The largest absolute Gasteiger partial charge is 0.367 e. The summed E-state index contributed by atoms with van der Waals surface area (Å²) in [6.07, 6.45) is 0.758. The minimum atomic E-state index is -3.72. The Bertz CT molecular complexity index is 975. The van der Waals surface area contributed by atoms with Gasteiger partial charge in [-0.3, -0.25) is 9.69 Å². The molecule has 1 aliphatic rings. The molecular formula is C22H31FN4O3S2. The van der Waals surface area contributed by atoms with Crippen molar-refractivity contribution < 1.29 is 17.6 Å². The minimum Gasteiger partial charge on any atom is -0.367 e. The molecule has 1 aliphatic heterocycles. The van der Waals surface area contributed by atoms with E-state index < -0.39 is 16.1 Å². The zero-order valence-electron chi connectivity index (χ0n) is 18.5. The number of halogens is 1. The molecule has 0 spiro atoms. The SMILES string of the molecule is CC(C)C(NS(=O)(=O)c1cccs1)C(=O)NCCCN1CCN(c2ccccc2F)CC1. The molecule has 1 fully saturated rings. The van der Waals surface area contributed by atoms with Crippen molar-refractivity contribution in [3.05, 3.63) is 47.6 Å². The number of para-hydroxylation sites is 1. The van der Waals surface area contributed by atoms with E-state index in [1.54, 1.807) is 23.6 Å². The number of piperazine rings is 1. The van der Waals surface area contributed by atoms with Crippen molar-refractivity contribution in [2.45, 2.75) is 30.5 Å². The molecule has 1 amide bonds.